The first-order chi connectivity index (χ1) is 7.47. The Morgan fingerprint density at radius 1 is 1.62 bits per heavy atom. The van der Waals surface area contributed by atoms with Crippen LogP contribution in [0.4, 0.5) is 8.78 Å². The monoisotopic (exact) mass is 231 g/mol. The maximum Gasteiger partial charge on any atom is 0.340 e. The summed E-state index contributed by atoms with van der Waals surface area (Å²) in [7, 11) is 0. The first-order valence-corrected chi connectivity index (χ1v) is 4.63. The van der Waals surface area contributed by atoms with Crippen molar-refractivity contribution in [3.8, 4) is 5.75 Å². The fourth-order valence-electron chi connectivity index (χ4n) is 1.19. The Kier molecular flexibility index (Phi) is 3.76. The van der Waals surface area contributed by atoms with E-state index < -0.39 is 23.8 Å². The zero-order valence-electron chi connectivity index (χ0n) is 8.83. The Labute approximate surface area is 90.9 Å². The Morgan fingerprint density at radius 3 is 2.75 bits per heavy atom. The third-order valence-electron chi connectivity index (χ3n) is 1.92. The van der Waals surface area contributed by atoms with Crippen molar-refractivity contribution >= 4 is 5.97 Å². The SMILES string of the molecule is CCOC(=O)c1cc(O)c(C(F)F)nc1C. The fraction of sp³-hybridized carbons (Fsp3) is 0.400. The van der Waals surface area contributed by atoms with Crippen molar-refractivity contribution in [1.82, 2.24) is 4.98 Å². The van der Waals surface area contributed by atoms with E-state index in [0.717, 1.165) is 6.07 Å². The number of aromatic nitrogens is 1. The Morgan fingerprint density at radius 2 is 2.25 bits per heavy atom. The van der Waals surface area contributed by atoms with Crippen LogP contribution in [0.25, 0.3) is 0 Å². The van der Waals surface area contributed by atoms with E-state index in [1.807, 2.05) is 0 Å². The molecule has 0 saturated carbocycles. The lowest BCUT2D eigenvalue weighted by atomic mass is 10.1. The molecule has 0 saturated heterocycles. The minimum Gasteiger partial charge on any atom is -0.506 e. The van der Waals surface area contributed by atoms with Crippen LogP contribution in [0.5, 0.6) is 5.75 Å². The predicted molar refractivity (Wildman–Crippen MR) is 51.6 cm³/mol. The number of alkyl halides is 2. The average molecular weight is 231 g/mol. The van der Waals surface area contributed by atoms with E-state index in [1.165, 1.54) is 6.92 Å². The molecule has 0 aliphatic heterocycles. The summed E-state index contributed by atoms with van der Waals surface area (Å²) in [4.78, 5) is 14.8. The summed E-state index contributed by atoms with van der Waals surface area (Å²) >= 11 is 0. The number of pyridine rings is 1. The molecule has 0 aliphatic carbocycles. The van der Waals surface area contributed by atoms with Crippen molar-refractivity contribution in [2.45, 2.75) is 20.3 Å². The van der Waals surface area contributed by atoms with E-state index in [1.54, 1.807) is 6.92 Å². The standard InChI is InChI=1S/C10H11F2NO3/c1-3-16-10(15)6-4-7(14)8(9(11)12)13-5(6)2/h4,9,14H,3H2,1-2H3. The summed E-state index contributed by atoms with van der Waals surface area (Å²) in [6, 6.07) is 0.946. The third kappa shape index (κ3) is 2.44. The van der Waals surface area contributed by atoms with Crippen molar-refractivity contribution < 1.29 is 23.4 Å². The topological polar surface area (TPSA) is 59.4 Å². The zero-order valence-corrected chi connectivity index (χ0v) is 8.83. The molecule has 0 bridgehead atoms. The number of nitrogens with zero attached hydrogens (tertiary/aromatic N) is 1. The third-order valence-corrected chi connectivity index (χ3v) is 1.92. The number of halogens is 2. The van der Waals surface area contributed by atoms with Crippen LogP contribution in [0, 0.1) is 6.92 Å². The van der Waals surface area contributed by atoms with Gasteiger partial charge in [0, 0.05) is 0 Å². The molecule has 0 atom stereocenters. The van der Waals surface area contributed by atoms with Crippen molar-refractivity contribution in [2.75, 3.05) is 6.61 Å². The van der Waals surface area contributed by atoms with Crippen molar-refractivity contribution in [3.05, 3.63) is 23.0 Å². The van der Waals surface area contributed by atoms with Gasteiger partial charge in [0.05, 0.1) is 17.9 Å². The quantitative estimate of drug-likeness (QED) is 0.810. The van der Waals surface area contributed by atoms with Crippen LogP contribution in [-0.4, -0.2) is 22.7 Å². The maximum absolute atomic E-state index is 12.4. The number of esters is 1. The Balaban J connectivity index is 3.15. The van der Waals surface area contributed by atoms with Gasteiger partial charge >= 0.3 is 5.97 Å². The lowest BCUT2D eigenvalue weighted by Crippen LogP contribution is -2.09. The lowest BCUT2D eigenvalue weighted by Gasteiger charge is -2.08. The van der Waals surface area contributed by atoms with Gasteiger partial charge in [-0.3, -0.25) is 0 Å². The molecule has 4 nitrogen and oxygen atoms in total. The van der Waals surface area contributed by atoms with E-state index in [0.29, 0.717) is 0 Å². The van der Waals surface area contributed by atoms with E-state index in [-0.39, 0.29) is 17.9 Å². The largest absolute Gasteiger partial charge is 0.506 e. The molecular weight excluding hydrogens is 220 g/mol. The van der Waals surface area contributed by atoms with E-state index >= 15 is 0 Å². The minimum absolute atomic E-state index is 0.0104. The maximum atomic E-state index is 12.4. The number of carbonyl (C=O) groups is 1. The second-order valence-corrected chi connectivity index (χ2v) is 3.05. The molecule has 16 heavy (non-hydrogen) atoms. The fourth-order valence-corrected chi connectivity index (χ4v) is 1.19. The normalized spacial score (nSPS) is 10.6. The van der Waals surface area contributed by atoms with Crippen LogP contribution >= 0.6 is 0 Å². The molecule has 88 valence electrons. The van der Waals surface area contributed by atoms with Gasteiger partial charge in [-0.15, -0.1) is 0 Å². The van der Waals surface area contributed by atoms with E-state index in [4.69, 9.17) is 0 Å². The number of hydrogen-bond donors (Lipinski definition) is 1. The first-order valence-electron chi connectivity index (χ1n) is 4.63. The molecule has 6 heteroatoms. The number of aromatic hydroxyl groups is 1. The van der Waals surface area contributed by atoms with Crippen LogP contribution in [0.2, 0.25) is 0 Å². The summed E-state index contributed by atoms with van der Waals surface area (Å²) in [5.74, 6) is -1.40. The number of aryl methyl sites for hydroxylation is 1. The summed E-state index contributed by atoms with van der Waals surface area (Å²) < 4.78 is 29.4. The highest BCUT2D eigenvalue weighted by Gasteiger charge is 2.20. The van der Waals surface area contributed by atoms with Crippen LogP contribution in [0.3, 0.4) is 0 Å². The van der Waals surface area contributed by atoms with Crippen molar-refractivity contribution in [1.29, 1.82) is 0 Å². The molecule has 0 aromatic carbocycles. The molecule has 0 spiro atoms. The molecule has 0 amide bonds. The summed E-state index contributed by atoms with van der Waals surface area (Å²) in [6.07, 6.45) is -2.88. The van der Waals surface area contributed by atoms with Gasteiger partial charge in [0.25, 0.3) is 6.43 Å². The number of rotatable bonds is 3. The molecule has 1 aromatic rings. The summed E-state index contributed by atoms with van der Waals surface area (Å²) in [5, 5.41) is 9.25. The Hall–Kier alpha value is -1.72. The van der Waals surface area contributed by atoms with Gasteiger partial charge in [0.2, 0.25) is 0 Å². The highest BCUT2D eigenvalue weighted by atomic mass is 19.3. The van der Waals surface area contributed by atoms with E-state index in [9.17, 15) is 18.7 Å². The highest BCUT2D eigenvalue weighted by Crippen LogP contribution is 2.28. The molecule has 0 radical (unpaired) electrons. The Bertz CT molecular complexity index is 407. The number of ether oxygens (including phenoxy) is 1. The summed E-state index contributed by atoms with van der Waals surface area (Å²) in [6.45, 7) is 3.18. The van der Waals surface area contributed by atoms with Gasteiger partial charge in [-0.2, -0.15) is 0 Å². The summed E-state index contributed by atoms with van der Waals surface area (Å²) in [5.41, 5.74) is -0.638. The van der Waals surface area contributed by atoms with Gasteiger partial charge in [-0.1, -0.05) is 0 Å². The lowest BCUT2D eigenvalue weighted by molar-refractivity contribution is 0.0523. The van der Waals surface area contributed by atoms with Crippen molar-refractivity contribution in [2.24, 2.45) is 0 Å². The molecular formula is C10H11F2NO3. The highest BCUT2D eigenvalue weighted by molar-refractivity contribution is 5.91. The second kappa shape index (κ2) is 4.87. The van der Waals surface area contributed by atoms with Gasteiger partial charge in [-0.25, -0.2) is 18.6 Å². The van der Waals surface area contributed by atoms with Gasteiger partial charge in [0.15, 0.2) is 0 Å². The molecule has 0 fully saturated rings. The zero-order chi connectivity index (χ0) is 12.3. The molecule has 0 aliphatic rings. The van der Waals surface area contributed by atoms with E-state index in [2.05, 4.69) is 9.72 Å². The van der Waals surface area contributed by atoms with Crippen LogP contribution < -0.4 is 0 Å². The minimum atomic E-state index is -2.88. The van der Waals surface area contributed by atoms with Gasteiger partial charge in [-0.05, 0) is 19.9 Å². The smallest absolute Gasteiger partial charge is 0.340 e. The number of carbonyl (C=O) groups excluding carboxylic acids is 1. The molecule has 1 N–H and O–H groups in total. The average Bonchev–Trinajstić information content (AvgIpc) is 2.20. The second-order valence-electron chi connectivity index (χ2n) is 3.05. The van der Waals surface area contributed by atoms with Crippen LogP contribution in [-0.2, 0) is 4.74 Å². The van der Waals surface area contributed by atoms with Gasteiger partial charge in [0.1, 0.15) is 11.4 Å². The molecule has 0 unspecified atom stereocenters. The molecule has 1 aromatic heterocycles. The van der Waals surface area contributed by atoms with Crippen molar-refractivity contribution in [3.63, 3.8) is 0 Å². The predicted octanol–water partition coefficient (Wildman–Crippen LogP) is 2.21. The number of hydrogen-bond acceptors (Lipinski definition) is 4. The van der Waals surface area contributed by atoms with Crippen LogP contribution in [0.1, 0.15) is 35.1 Å². The first kappa shape index (κ1) is 12.4. The molecule has 1 heterocycles. The molecule has 1 rings (SSSR count). The van der Waals surface area contributed by atoms with Crippen LogP contribution in [0.15, 0.2) is 6.07 Å². The van der Waals surface area contributed by atoms with Gasteiger partial charge < -0.3 is 9.84 Å².